The van der Waals surface area contributed by atoms with E-state index in [-0.39, 0.29) is 4.90 Å². The van der Waals surface area contributed by atoms with Gasteiger partial charge >= 0.3 is 0 Å². The number of hydrogen-bond acceptors (Lipinski definition) is 6. The van der Waals surface area contributed by atoms with Crippen molar-refractivity contribution < 1.29 is 8.42 Å². The van der Waals surface area contributed by atoms with E-state index in [0.717, 1.165) is 33.0 Å². The van der Waals surface area contributed by atoms with Gasteiger partial charge in [-0.25, -0.2) is 23.5 Å². The predicted molar refractivity (Wildman–Crippen MR) is 130 cm³/mol. The van der Waals surface area contributed by atoms with Gasteiger partial charge < -0.3 is 9.88 Å². The fraction of sp³-hybridized carbons (Fsp3) is 0.217. The van der Waals surface area contributed by atoms with Gasteiger partial charge in [0.15, 0.2) is 5.82 Å². The van der Waals surface area contributed by atoms with Gasteiger partial charge in [-0.2, -0.15) is 0 Å². The van der Waals surface area contributed by atoms with Crippen molar-refractivity contribution in [3.05, 3.63) is 72.2 Å². The summed E-state index contributed by atoms with van der Waals surface area (Å²) in [7, 11) is -1.75. The van der Waals surface area contributed by atoms with E-state index >= 15 is 0 Å². The number of anilines is 2. The lowest BCUT2D eigenvalue weighted by atomic mass is 10.1. The molecule has 0 saturated carbocycles. The van der Waals surface area contributed by atoms with Crippen LogP contribution >= 0.6 is 11.8 Å². The Bertz CT molecular complexity index is 1360. The van der Waals surface area contributed by atoms with E-state index in [0.29, 0.717) is 17.5 Å². The maximum Gasteiger partial charge on any atom is 0.238 e. The second-order valence-electron chi connectivity index (χ2n) is 7.80. The molecule has 0 aliphatic rings. The molecule has 166 valence electrons. The minimum absolute atomic E-state index is 0.0855. The highest BCUT2D eigenvalue weighted by Gasteiger charge is 2.14. The van der Waals surface area contributed by atoms with Crippen LogP contribution in [0.5, 0.6) is 0 Å². The maximum absolute atomic E-state index is 11.5. The highest BCUT2D eigenvalue weighted by Crippen LogP contribution is 2.33. The van der Waals surface area contributed by atoms with Crippen LogP contribution in [0.3, 0.4) is 0 Å². The molecule has 0 saturated heterocycles. The first-order valence-corrected chi connectivity index (χ1v) is 12.6. The number of para-hydroxylation sites is 1. The van der Waals surface area contributed by atoms with Crippen molar-refractivity contribution in [3.63, 3.8) is 0 Å². The Balaban J connectivity index is 1.70. The zero-order valence-electron chi connectivity index (χ0n) is 18.1. The molecule has 32 heavy (non-hydrogen) atoms. The first kappa shape index (κ1) is 22.3. The van der Waals surface area contributed by atoms with Crippen molar-refractivity contribution in [2.24, 2.45) is 12.2 Å². The van der Waals surface area contributed by atoms with E-state index in [2.05, 4.69) is 25.2 Å². The molecular weight excluding hydrogens is 442 g/mol. The summed E-state index contributed by atoms with van der Waals surface area (Å²) in [5, 5.41) is 9.16. The van der Waals surface area contributed by atoms with Gasteiger partial charge in [-0.15, -0.1) is 11.8 Å². The zero-order valence-corrected chi connectivity index (χ0v) is 19.7. The van der Waals surface area contributed by atoms with Crippen LogP contribution in [0, 0.1) is 0 Å². The number of aromatic nitrogens is 3. The van der Waals surface area contributed by atoms with Crippen molar-refractivity contribution in [2.45, 2.75) is 35.3 Å². The van der Waals surface area contributed by atoms with E-state index in [1.807, 2.05) is 42.1 Å². The van der Waals surface area contributed by atoms with Crippen molar-refractivity contribution >= 4 is 44.3 Å². The molecule has 0 atom stereocenters. The maximum atomic E-state index is 11.5. The smallest absolute Gasteiger partial charge is 0.238 e. The number of nitrogens with two attached hydrogens (primary N) is 1. The Morgan fingerprint density at radius 2 is 1.78 bits per heavy atom. The third kappa shape index (κ3) is 4.95. The highest BCUT2D eigenvalue weighted by molar-refractivity contribution is 8.00. The lowest BCUT2D eigenvalue weighted by Gasteiger charge is -2.15. The van der Waals surface area contributed by atoms with Crippen LogP contribution in [-0.4, -0.2) is 28.2 Å². The highest BCUT2D eigenvalue weighted by atomic mass is 32.2. The molecule has 0 aliphatic carbocycles. The fourth-order valence-corrected chi connectivity index (χ4v) is 4.87. The topological polar surface area (TPSA) is 103 Å². The van der Waals surface area contributed by atoms with E-state index in [1.54, 1.807) is 23.9 Å². The van der Waals surface area contributed by atoms with Gasteiger partial charge in [0.05, 0.1) is 16.1 Å². The molecule has 7 nitrogen and oxygen atoms in total. The van der Waals surface area contributed by atoms with Gasteiger partial charge in [0.1, 0.15) is 11.3 Å². The van der Waals surface area contributed by atoms with E-state index in [9.17, 15) is 8.42 Å². The summed E-state index contributed by atoms with van der Waals surface area (Å²) in [4.78, 5) is 10.8. The molecule has 0 aliphatic heterocycles. The lowest BCUT2D eigenvalue weighted by molar-refractivity contribution is 0.598. The van der Waals surface area contributed by atoms with Gasteiger partial charge in [-0.05, 0) is 35.9 Å². The molecule has 2 aromatic carbocycles. The van der Waals surface area contributed by atoms with Crippen LogP contribution in [0.25, 0.3) is 11.0 Å². The van der Waals surface area contributed by atoms with Crippen molar-refractivity contribution in [2.75, 3.05) is 5.32 Å². The zero-order chi connectivity index (χ0) is 22.9. The van der Waals surface area contributed by atoms with Crippen LogP contribution in [0.4, 0.5) is 11.5 Å². The number of fused-ring (bicyclic) bond motifs is 1. The Morgan fingerprint density at radius 1 is 1.06 bits per heavy atom. The predicted octanol–water partition coefficient (Wildman–Crippen LogP) is 4.45. The van der Waals surface area contributed by atoms with Gasteiger partial charge in [-0.1, -0.05) is 38.1 Å². The summed E-state index contributed by atoms with van der Waals surface area (Å²) >= 11 is 1.79. The standard InChI is InChI=1S/C23H25N5O2S2/c1-15(2)31-20-7-5-4-6-18(20)26-23-22-19(12-13-28(22)3)25-21(27-23)14-16-8-10-17(11-9-16)32(24,29)30/h4-13,15H,14H2,1-3H3,(H2,24,29,30)(H,25,26,27). The largest absolute Gasteiger partial charge is 0.346 e. The minimum Gasteiger partial charge on any atom is -0.346 e. The fourth-order valence-electron chi connectivity index (χ4n) is 3.44. The lowest BCUT2D eigenvalue weighted by Crippen LogP contribution is -2.12. The molecular formula is C23H25N5O2S2. The normalized spacial score (nSPS) is 11.9. The first-order valence-electron chi connectivity index (χ1n) is 10.2. The van der Waals surface area contributed by atoms with E-state index in [4.69, 9.17) is 15.1 Å². The van der Waals surface area contributed by atoms with E-state index < -0.39 is 10.0 Å². The Hall–Kier alpha value is -2.88. The molecule has 0 amide bonds. The van der Waals surface area contributed by atoms with Gasteiger partial charge in [0.25, 0.3) is 0 Å². The van der Waals surface area contributed by atoms with Gasteiger partial charge in [0, 0.05) is 29.8 Å². The monoisotopic (exact) mass is 467 g/mol. The average Bonchev–Trinajstić information content (AvgIpc) is 3.10. The minimum atomic E-state index is -3.72. The summed E-state index contributed by atoms with van der Waals surface area (Å²) in [6.45, 7) is 4.33. The number of nitrogens with zero attached hydrogens (tertiary/aromatic N) is 3. The molecule has 4 aromatic rings. The third-order valence-electron chi connectivity index (χ3n) is 4.88. The van der Waals surface area contributed by atoms with Gasteiger partial charge in [0.2, 0.25) is 10.0 Å². The number of thioether (sulfide) groups is 1. The number of primary sulfonamides is 1. The molecule has 2 heterocycles. The second-order valence-corrected chi connectivity index (χ2v) is 11.0. The summed E-state index contributed by atoms with van der Waals surface area (Å²) < 4.78 is 25.0. The molecule has 9 heteroatoms. The van der Waals surface area contributed by atoms with E-state index in [1.165, 1.54) is 12.1 Å². The quantitative estimate of drug-likeness (QED) is 0.389. The molecule has 0 spiro atoms. The van der Waals surface area contributed by atoms with Crippen LogP contribution in [0.15, 0.2) is 70.6 Å². The first-order chi connectivity index (χ1) is 15.2. The molecule has 0 radical (unpaired) electrons. The SMILES string of the molecule is CC(C)Sc1ccccc1Nc1nc(Cc2ccc(S(N)(=O)=O)cc2)nc2ccn(C)c12. The summed E-state index contributed by atoms with van der Waals surface area (Å²) in [6.07, 6.45) is 2.43. The number of hydrogen-bond donors (Lipinski definition) is 2. The van der Waals surface area contributed by atoms with Crippen molar-refractivity contribution in [1.82, 2.24) is 14.5 Å². The molecule has 0 bridgehead atoms. The summed E-state index contributed by atoms with van der Waals surface area (Å²) in [6, 6.07) is 16.6. The molecule has 4 rings (SSSR count). The van der Waals surface area contributed by atoms with Crippen LogP contribution < -0.4 is 10.5 Å². The molecule has 0 fully saturated rings. The number of aryl methyl sites for hydroxylation is 1. The Kier molecular flexibility index (Phi) is 6.23. The summed E-state index contributed by atoms with van der Waals surface area (Å²) in [5.74, 6) is 1.37. The number of sulfonamides is 1. The molecule has 2 aromatic heterocycles. The summed E-state index contributed by atoms with van der Waals surface area (Å²) in [5.41, 5.74) is 3.66. The molecule has 3 N–H and O–H groups in total. The third-order valence-corrected chi connectivity index (χ3v) is 6.89. The average molecular weight is 468 g/mol. The Labute approximate surface area is 192 Å². The molecule has 0 unspecified atom stereocenters. The Morgan fingerprint density at radius 3 is 2.47 bits per heavy atom. The van der Waals surface area contributed by atoms with Crippen molar-refractivity contribution in [3.8, 4) is 0 Å². The second kappa shape index (κ2) is 8.93. The van der Waals surface area contributed by atoms with Crippen LogP contribution in [-0.2, 0) is 23.5 Å². The number of nitrogens with one attached hydrogen (secondary N) is 1. The van der Waals surface area contributed by atoms with Crippen LogP contribution in [0.2, 0.25) is 0 Å². The van der Waals surface area contributed by atoms with Gasteiger partial charge in [-0.3, -0.25) is 0 Å². The van der Waals surface area contributed by atoms with Crippen molar-refractivity contribution in [1.29, 1.82) is 0 Å². The van der Waals surface area contributed by atoms with Crippen LogP contribution in [0.1, 0.15) is 25.2 Å². The number of rotatable bonds is 7. The number of benzene rings is 2.